The summed E-state index contributed by atoms with van der Waals surface area (Å²) in [6, 6.07) is 14.2. The van der Waals surface area contributed by atoms with E-state index in [4.69, 9.17) is 5.26 Å². The first-order valence-electron chi connectivity index (χ1n) is 5.20. The van der Waals surface area contributed by atoms with Crippen LogP contribution in [0.3, 0.4) is 0 Å². The zero-order valence-electron chi connectivity index (χ0n) is 9.31. The Balaban J connectivity index is 2.12. The molecule has 2 aromatic carbocycles. The monoisotopic (exact) mass is 303 g/mol. The van der Waals surface area contributed by atoms with Gasteiger partial charge in [-0.25, -0.2) is 0 Å². The van der Waals surface area contributed by atoms with Crippen molar-refractivity contribution in [2.45, 2.75) is 0 Å². The molecule has 0 heterocycles. The van der Waals surface area contributed by atoms with Crippen LogP contribution in [-0.2, 0) is 0 Å². The van der Waals surface area contributed by atoms with Crippen molar-refractivity contribution in [3.63, 3.8) is 0 Å². The van der Waals surface area contributed by atoms with Crippen molar-refractivity contribution in [2.24, 2.45) is 0 Å². The van der Waals surface area contributed by atoms with E-state index in [1.54, 1.807) is 12.1 Å². The smallest absolute Gasteiger partial charge is 0.141 e. The molecule has 5 heteroatoms. The number of nitrogens with zero attached hydrogens (tertiary/aromatic N) is 1. The van der Waals surface area contributed by atoms with Crippen molar-refractivity contribution in [2.75, 3.05) is 10.9 Å². The second kappa shape index (κ2) is 5.43. The molecule has 0 radical (unpaired) electrons. The van der Waals surface area contributed by atoms with E-state index in [0.717, 1.165) is 10.2 Å². The zero-order valence-corrected chi connectivity index (χ0v) is 10.9. The maximum Gasteiger partial charge on any atom is 0.141 e. The Hall–Kier alpha value is -2.19. The Bertz CT molecular complexity index is 607. The number of hydrogen-bond acceptors (Lipinski definition) is 4. The molecule has 0 spiro atoms. The number of rotatable bonds is 3. The van der Waals surface area contributed by atoms with E-state index in [0.29, 0.717) is 11.3 Å². The number of aromatic hydroxyl groups is 1. The van der Waals surface area contributed by atoms with Gasteiger partial charge in [0.25, 0.3) is 0 Å². The maximum atomic E-state index is 9.70. The molecule has 0 bridgehead atoms. The lowest BCUT2D eigenvalue weighted by atomic mass is 10.2. The fraction of sp³-hybridized carbons (Fsp3) is 0. The average Bonchev–Trinajstić information content (AvgIpc) is 2.39. The Morgan fingerprint density at radius 3 is 2.44 bits per heavy atom. The minimum atomic E-state index is 0.0219. The zero-order chi connectivity index (χ0) is 13.0. The first-order valence-corrected chi connectivity index (χ1v) is 5.99. The number of phenolic OH excluding ortho intramolecular Hbond substituents is 1. The molecular formula is C13H10BrN3O. The standard InChI is InChI=1S/C13H10BrN3O/c14-10-3-1-2-4-11(10)16-17-12-6-5-9(8-15)7-13(12)18/h1-7,16-18H. The minimum absolute atomic E-state index is 0.0219. The van der Waals surface area contributed by atoms with Gasteiger partial charge < -0.3 is 5.11 Å². The molecule has 0 aliphatic rings. The lowest BCUT2D eigenvalue weighted by Crippen LogP contribution is -2.09. The summed E-state index contributed by atoms with van der Waals surface area (Å²) < 4.78 is 0.908. The van der Waals surface area contributed by atoms with Gasteiger partial charge in [-0.15, -0.1) is 0 Å². The number of anilines is 2. The molecular weight excluding hydrogens is 294 g/mol. The molecule has 0 atom stereocenters. The fourth-order valence-electron chi connectivity index (χ4n) is 1.40. The van der Waals surface area contributed by atoms with E-state index in [1.807, 2.05) is 30.3 Å². The van der Waals surface area contributed by atoms with Crippen LogP contribution in [0, 0.1) is 11.3 Å². The van der Waals surface area contributed by atoms with Crippen molar-refractivity contribution in [1.82, 2.24) is 0 Å². The minimum Gasteiger partial charge on any atom is -0.506 e. The van der Waals surface area contributed by atoms with Gasteiger partial charge in [-0.1, -0.05) is 12.1 Å². The summed E-state index contributed by atoms with van der Waals surface area (Å²) in [5, 5.41) is 18.4. The summed E-state index contributed by atoms with van der Waals surface area (Å²) in [6.45, 7) is 0. The summed E-state index contributed by atoms with van der Waals surface area (Å²) in [5.74, 6) is 0.0219. The molecule has 4 nitrogen and oxygen atoms in total. The number of para-hydroxylation sites is 1. The highest BCUT2D eigenvalue weighted by Crippen LogP contribution is 2.26. The van der Waals surface area contributed by atoms with Crippen molar-refractivity contribution < 1.29 is 5.11 Å². The van der Waals surface area contributed by atoms with Crippen LogP contribution in [0.2, 0.25) is 0 Å². The van der Waals surface area contributed by atoms with Crippen molar-refractivity contribution in [3.05, 3.63) is 52.5 Å². The van der Waals surface area contributed by atoms with Gasteiger partial charge in [0, 0.05) is 4.47 Å². The molecule has 0 saturated carbocycles. The molecule has 18 heavy (non-hydrogen) atoms. The molecule has 3 N–H and O–H groups in total. The van der Waals surface area contributed by atoms with Crippen molar-refractivity contribution >= 4 is 27.3 Å². The number of nitrogens with one attached hydrogen (secondary N) is 2. The normalized spacial score (nSPS) is 9.56. The van der Waals surface area contributed by atoms with Crippen LogP contribution < -0.4 is 10.9 Å². The third kappa shape index (κ3) is 2.73. The number of nitriles is 1. The van der Waals surface area contributed by atoms with E-state index >= 15 is 0 Å². The molecule has 2 rings (SSSR count). The van der Waals surface area contributed by atoms with E-state index < -0.39 is 0 Å². The predicted octanol–water partition coefficient (Wildman–Crippen LogP) is 3.47. The second-order valence-corrected chi connectivity index (χ2v) is 4.43. The van der Waals surface area contributed by atoms with Gasteiger partial charge in [0.05, 0.1) is 23.0 Å². The highest BCUT2D eigenvalue weighted by Gasteiger charge is 2.03. The van der Waals surface area contributed by atoms with Gasteiger partial charge in [0.2, 0.25) is 0 Å². The number of phenols is 1. The van der Waals surface area contributed by atoms with Crippen LogP contribution in [0.5, 0.6) is 5.75 Å². The Morgan fingerprint density at radius 1 is 1.06 bits per heavy atom. The van der Waals surface area contributed by atoms with E-state index in [2.05, 4.69) is 26.8 Å². The van der Waals surface area contributed by atoms with E-state index in [-0.39, 0.29) is 5.75 Å². The molecule has 0 amide bonds. The summed E-state index contributed by atoms with van der Waals surface area (Å²) in [4.78, 5) is 0. The van der Waals surface area contributed by atoms with Crippen LogP contribution in [0.25, 0.3) is 0 Å². The number of halogens is 1. The van der Waals surface area contributed by atoms with Gasteiger partial charge in [0.15, 0.2) is 0 Å². The van der Waals surface area contributed by atoms with Crippen LogP contribution in [-0.4, -0.2) is 5.11 Å². The first-order chi connectivity index (χ1) is 8.70. The molecule has 0 aromatic heterocycles. The van der Waals surface area contributed by atoms with Gasteiger partial charge in [0.1, 0.15) is 5.75 Å². The second-order valence-electron chi connectivity index (χ2n) is 3.57. The third-order valence-electron chi connectivity index (χ3n) is 2.33. The third-order valence-corrected chi connectivity index (χ3v) is 3.02. The fourth-order valence-corrected chi connectivity index (χ4v) is 1.79. The van der Waals surface area contributed by atoms with Crippen LogP contribution in [0.4, 0.5) is 11.4 Å². The molecule has 0 aliphatic heterocycles. The lowest BCUT2D eigenvalue weighted by Gasteiger charge is -2.12. The van der Waals surface area contributed by atoms with Gasteiger partial charge >= 0.3 is 0 Å². The molecule has 0 unspecified atom stereocenters. The van der Waals surface area contributed by atoms with Gasteiger partial charge in [-0.3, -0.25) is 10.9 Å². The summed E-state index contributed by atoms with van der Waals surface area (Å²) >= 11 is 3.40. The largest absolute Gasteiger partial charge is 0.506 e. The molecule has 2 aromatic rings. The number of hydrazine groups is 1. The molecule has 0 fully saturated rings. The Labute approximate surface area is 113 Å². The first kappa shape index (κ1) is 12.3. The molecule has 0 saturated heterocycles. The maximum absolute atomic E-state index is 9.70. The Morgan fingerprint density at radius 2 is 1.78 bits per heavy atom. The van der Waals surface area contributed by atoms with Crippen molar-refractivity contribution in [3.8, 4) is 11.8 Å². The van der Waals surface area contributed by atoms with E-state index in [9.17, 15) is 5.11 Å². The number of hydrogen-bond donors (Lipinski definition) is 3. The summed E-state index contributed by atoms with van der Waals surface area (Å²) in [6.07, 6.45) is 0. The highest BCUT2D eigenvalue weighted by molar-refractivity contribution is 9.10. The lowest BCUT2D eigenvalue weighted by molar-refractivity contribution is 0.477. The van der Waals surface area contributed by atoms with Gasteiger partial charge in [-0.05, 0) is 46.3 Å². The molecule has 0 aliphatic carbocycles. The summed E-state index contributed by atoms with van der Waals surface area (Å²) in [7, 11) is 0. The quantitative estimate of drug-likeness (QED) is 0.600. The Kier molecular flexibility index (Phi) is 3.70. The van der Waals surface area contributed by atoms with Gasteiger partial charge in [-0.2, -0.15) is 5.26 Å². The van der Waals surface area contributed by atoms with Crippen LogP contribution in [0.15, 0.2) is 46.9 Å². The summed E-state index contributed by atoms with van der Waals surface area (Å²) in [5.41, 5.74) is 7.62. The van der Waals surface area contributed by atoms with E-state index in [1.165, 1.54) is 6.07 Å². The average molecular weight is 304 g/mol. The molecule has 90 valence electrons. The van der Waals surface area contributed by atoms with Crippen LogP contribution >= 0.6 is 15.9 Å². The van der Waals surface area contributed by atoms with Crippen LogP contribution in [0.1, 0.15) is 5.56 Å². The topological polar surface area (TPSA) is 68.1 Å². The highest BCUT2D eigenvalue weighted by atomic mass is 79.9. The number of benzene rings is 2. The predicted molar refractivity (Wildman–Crippen MR) is 74.2 cm³/mol. The van der Waals surface area contributed by atoms with Crippen molar-refractivity contribution in [1.29, 1.82) is 5.26 Å². The SMILES string of the molecule is N#Cc1ccc(NNc2ccccc2Br)c(O)c1.